The summed E-state index contributed by atoms with van der Waals surface area (Å²) in [6, 6.07) is 0. The van der Waals surface area contributed by atoms with Crippen molar-refractivity contribution < 1.29 is 14.3 Å². The monoisotopic (exact) mass is 330 g/mol. The molecule has 0 spiro atoms. The first-order valence-electron chi connectivity index (χ1n) is 8.58. The van der Waals surface area contributed by atoms with Gasteiger partial charge < -0.3 is 15.8 Å². The van der Waals surface area contributed by atoms with E-state index in [1.165, 1.54) is 31.7 Å². The van der Waals surface area contributed by atoms with Crippen molar-refractivity contribution in [1.82, 2.24) is 15.3 Å². The van der Waals surface area contributed by atoms with E-state index in [0.29, 0.717) is 0 Å². The van der Waals surface area contributed by atoms with E-state index >= 15 is 0 Å². The number of esters is 1. The van der Waals surface area contributed by atoms with Crippen molar-refractivity contribution in [2.24, 2.45) is 17.8 Å². The number of nitrogens with one attached hydrogen (secondary N) is 1. The van der Waals surface area contributed by atoms with Crippen molar-refractivity contribution >= 4 is 17.7 Å². The molecule has 1 aromatic heterocycles. The van der Waals surface area contributed by atoms with Crippen LogP contribution in [0.1, 0.15) is 49.0 Å². The predicted octanol–water partition coefficient (Wildman–Crippen LogP) is 1.30. The molecule has 0 unspecified atom stereocenters. The molecule has 0 saturated heterocycles. The highest BCUT2D eigenvalue weighted by molar-refractivity contribution is 5.93. The Morgan fingerprint density at radius 3 is 2.29 bits per heavy atom. The number of carbonyl (C=O) groups is 2. The first-order chi connectivity index (χ1) is 11.5. The van der Waals surface area contributed by atoms with Crippen molar-refractivity contribution in [2.75, 3.05) is 12.3 Å². The van der Waals surface area contributed by atoms with E-state index in [1.54, 1.807) is 0 Å². The molecule has 0 aromatic carbocycles. The summed E-state index contributed by atoms with van der Waals surface area (Å²) in [5.41, 5.74) is 5.45. The van der Waals surface area contributed by atoms with Gasteiger partial charge in [0, 0.05) is 17.9 Å². The molecule has 1 aromatic rings. The van der Waals surface area contributed by atoms with Crippen molar-refractivity contribution in [3.8, 4) is 0 Å². The van der Waals surface area contributed by atoms with Gasteiger partial charge in [-0.2, -0.15) is 0 Å². The largest absolute Gasteiger partial charge is 0.451 e. The summed E-state index contributed by atoms with van der Waals surface area (Å²) in [7, 11) is 0. The lowest BCUT2D eigenvalue weighted by atomic mass is 9.53. The SMILES string of the molecule is Nc1nccnc1C(=O)OCC(=O)NC12CC3CC(CC(C3)C1)C2. The van der Waals surface area contributed by atoms with E-state index < -0.39 is 5.97 Å². The van der Waals surface area contributed by atoms with Crippen LogP contribution in [0.3, 0.4) is 0 Å². The van der Waals surface area contributed by atoms with Gasteiger partial charge in [-0.05, 0) is 56.3 Å². The van der Waals surface area contributed by atoms with Crippen LogP contribution in [0.5, 0.6) is 0 Å². The maximum atomic E-state index is 12.3. The number of carbonyl (C=O) groups excluding carboxylic acids is 2. The van der Waals surface area contributed by atoms with Crippen LogP contribution in [0.15, 0.2) is 12.4 Å². The second-order valence-corrected chi connectivity index (χ2v) is 7.61. The molecule has 4 aliphatic carbocycles. The normalized spacial score (nSPS) is 33.2. The van der Waals surface area contributed by atoms with Crippen molar-refractivity contribution in [3.63, 3.8) is 0 Å². The number of ether oxygens (including phenoxy) is 1. The molecule has 4 saturated carbocycles. The van der Waals surface area contributed by atoms with Crippen LogP contribution < -0.4 is 11.1 Å². The Morgan fingerprint density at radius 1 is 1.12 bits per heavy atom. The van der Waals surface area contributed by atoms with Gasteiger partial charge in [-0.15, -0.1) is 0 Å². The van der Waals surface area contributed by atoms with E-state index in [-0.39, 0.29) is 29.6 Å². The number of rotatable bonds is 4. The molecule has 1 amide bonds. The minimum Gasteiger partial charge on any atom is -0.451 e. The molecular formula is C17H22N4O3. The molecule has 7 nitrogen and oxygen atoms in total. The summed E-state index contributed by atoms with van der Waals surface area (Å²) in [5.74, 6) is 1.29. The number of nitrogens with zero attached hydrogens (tertiary/aromatic N) is 2. The lowest BCUT2D eigenvalue weighted by Gasteiger charge is -2.56. The Morgan fingerprint density at radius 2 is 1.71 bits per heavy atom. The highest BCUT2D eigenvalue weighted by Crippen LogP contribution is 2.55. The van der Waals surface area contributed by atoms with E-state index in [2.05, 4.69) is 15.3 Å². The molecule has 4 bridgehead atoms. The molecule has 4 aliphatic rings. The third-order valence-electron chi connectivity index (χ3n) is 5.70. The fourth-order valence-electron chi connectivity index (χ4n) is 5.30. The molecule has 0 aliphatic heterocycles. The molecule has 0 radical (unpaired) electrons. The molecule has 5 rings (SSSR count). The number of hydrogen-bond acceptors (Lipinski definition) is 6. The first-order valence-corrected chi connectivity index (χ1v) is 8.58. The number of hydrogen-bond donors (Lipinski definition) is 2. The van der Waals surface area contributed by atoms with Crippen LogP contribution in [-0.2, 0) is 9.53 Å². The Bertz CT molecular complexity index is 640. The number of aromatic nitrogens is 2. The maximum Gasteiger partial charge on any atom is 0.361 e. The van der Waals surface area contributed by atoms with E-state index in [4.69, 9.17) is 10.5 Å². The summed E-state index contributed by atoms with van der Waals surface area (Å²) < 4.78 is 5.05. The Kier molecular flexibility index (Phi) is 3.66. The number of nitrogens with two attached hydrogens (primary N) is 1. The van der Waals surface area contributed by atoms with E-state index in [0.717, 1.165) is 37.0 Å². The number of nitrogen functional groups attached to an aromatic ring is 1. The average molecular weight is 330 g/mol. The smallest absolute Gasteiger partial charge is 0.361 e. The van der Waals surface area contributed by atoms with Crippen LogP contribution in [0.25, 0.3) is 0 Å². The van der Waals surface area contributed by atoms with Gasteiger partial charge in [-0.25, -0.2) is 14.8 Å². The Balaban J connectivity index is 1.34. The van der Waals surface area contributed by atoms with E-state index in [1.807, 2.05) is 0 Å². The summed E-state index contributed by atoms with van der Waals surface area (Å²) >= 11 is 0. The first kappa shape index (κ1) is 15.4. The second kappa shape index (κ2) is 5.72. The highest BCUT2D eigenvalue weighted by Gasteiger charge is 2.51. The molecule has 7 heteroatoms. The maximum absolute atomic E-state index is 12.3. The summed E-state index contributed by atoms with van der Waals surface area (Å²) in [4.78, 5) is 31.9. The lowest BCUT2D eigenvalue weighted by Crippen LogP contribution is -2.60. The summed E-state index contributed by atoms with van der Waals surface area (Å²) in [6.45, 7) is -0.309. The van der Waals surface area contributed by atoms with Crippen LogP contribution >= 0.6 is 0 Å². The minimum atomic E-state index is -0.721. The summed E-state index contributed by atoms with van der Waals surface area (Å²) in [6.07, 6.45) is 9.90. The zero-order valence-electron chi connectivity index (χ0n) is 13.5. The van der Waals surface area contributed by atoms with Gasteiger partial charge in [0.1, 0.15) is 0 Å². The van der Waals surface area contributed by atoms with Gasteiger partial charge in [0.15, 0.2) is 18.1 Å². The van der Waals surface area contributed by atoms with E-state index in [9.17, 15) is 9.59 Å². The standard InChI is InChI=1S/C17H22N4O3/c18-15-14(19-1-2-20-15)16(23)24-9-13(22)21-17-6-10-3-11(7-17)5-12(4-10)8-17/h1-2,10-12H,3-9H2,(H2,18,20)(H,21,22). The Hall–Kier alpha value is -2.18. The molecule has 0 atom stereocenters. The second-order valence-electron chi connectivity index (χ2n) is 7.61. The predicted molar refractivity (Wildman–Crippen MR) is 85.8 cm³/mol. The third-order valence-corrected chi connectivity index (χ3v) is 5.70. The zero-order chi connectivity index (χ0) is 16.7. The number of amides is 1. The fourth-order valence-corrected chi connectivity index (χ4v) is 5.30. The van der Waals surface area contributed by atoms with Gasteiger partial charge in [0.25, 0.3) is 5.91 Å². The Labute approximate surface area is 140 Å². The van der Waals surface area contributed by atoms with Gasteiger partial charge in [-0.3, -0.25) is 4.79 Å². The van der Waals surface area contributed by atoms with Gasteiger partial charge in [0.05, 0.1) is 0 Å². The highest BCUT2D eigenvalue weighted by atomic mass is 16.5. The average Bonchev–Trinajstić information content (AvgIpc) is 2.51. The van der Waals surface area contributed by atoms with Gasteiger partial charge in [0.2, 0.25) is 0 Å². The zero-order valence-corrected chi connectivity index (χ0v) is 13.5. The lowest BCUT2D eigenvalue weighted by molar-refractivity contribution is -0.130. The van der Waals surface area contributed by atoms with Crippen LogP contribution in [0, 0.1) is 17.8 Å². The molecule has 24 heavy (non-hydrogen) atoms. The minimum absolute atomic E-state index is 0.00370. The van der Waals surface area contributed by atoms with Gasteiger partial charge >= 0.3 is 5.97 Å². The molecular weight excluding hydrogens is 308 g/mol. The topological polar surface area (TPSA) is 107 Å². The summed E-state index contributed by atoms with van der Waals surface area (Å²) in [5, 5.41) is 3.16. The quantitative estimate of drug-likeness (QED) is 0.806. The fraction of sp³-hybridized carbons (Fsp3) is 0.647. The van der Waals surface area contributed by atoms with Gasteiger partial charge in [-0.1, -0.05) is 0 Å². The van der Waals surface area contributed by atoms with Crippen molar-refractivity contribution in [3.05, 3.63) is 18.1 Å². The van der Waals surface area contributed by atoms with Crippen molar-refractivity contribution in [2.45, 2.75) is 44.1 Å². The van der Waals surface area contributed by atoms with Crippen LogP contribution in [0.2, 0.25) is 0 Å². The number of anilines is 1. The van der Waals surface area contributed by atoms with Crippen LogP contribution in [0.4, 0.5) is 5.82 Å². The molecule has 4 fully saturated rings. The molecule has 3 N–H and O–H groups in total. The molecule has 128 valence electrons. The van der Waals surface area contributed by atoms with Crippen LogP contribution in [-0.4, -0.2) is 34.0 Å². The third kappa shape index (κ3) is 2.83. The van der Waals surface area contributed by atoms with Crippen molar-refractivity contribution in [1.29, 1.82) is 0 Å². The molecule has 1 heterocycles.